The zero-order valence-electron chi connectivity index (χ0n) is 16.5. The molecular weight excluding hydrogens is 362 g/mol. The molecule has 2 fully saturated rings. The molecule has 9 nitrogen and oxygen atoms in total. The van der Waals surface area contributed by atoms with Crippen LogP contribution in [-0.2, 0) is 16.1 Å². The second-order valence-corrected chi connectivity index (χ2v) is 7.50. The number of rotatable bonds is 8. The highest BCUT2D eigenvalue weighted by molar-refractivity contribution is 5.94. The number of aliphatic hydroxyl groups excluding tert-OH is 1. The number of aryl methyl sites for hydroxylation is 1. The van der Waals surface area contributed by atoms with Crippen molar-refractivity contribution in [1.29, 1.82) is 0 Å². The fourth-order valence-corrected chi connectivity index (χ4v) is 3.77. The summed E-state index contributed by atoms with van der Waals surface area (Å²) in [5.41, 5.74) is 0.463. The molecule has 1 aromatic heterocycles. The minimum Gasteiger partial charge on any atom is -0.391 e. The van der Waals surface area contributed by atoms with Crippen LogP contribution in [0.2, 0.25) is 0 Å². The minimum atomic E-state index is -0.714. The molecule has 1 aliphatic heterocycles. The average molecular weight is 393 g/mol. The normalized spacial score (nSPS) is 25.6. The molecule has 2 aliphatic rings. The molecule has 3 rings (SSSR count). The molecule has 28 heavy (non-hydrogen) atoms. The number of hydrogen-bond donors (Lipinski definition) is 3. The predicted octanol–water partition coefficient (Wildman–Crippen LogP) is -0.389. The third-order valence-corrected chi connectivity index (χ3v) is 5.49. The Morgan fingerprint density at radius 2 is 2.11 bits per heavy atom. The number of nitrogens with one attached hydrogen (secondary N) is 2. The highest BCUT2D eigenvalue weighted by Gasteiger charge is 2.37. The van der Waals surface area contributed by atoms with Crippen molar-refractivity contribution in [2.24, 2.45) is 5.92 Å². The van der Waals surface area contributed by atoms with Crippen LogP contribution in [0.4, 0.5) is 0 Å². The van der Waals surface area contributed by atoms with Crippen LogP contribution in [-0.4, -0.2) is 83.1 Å². The molecule has 2 heterocycles. The molecule has 1 saturated heterocycles. The number of carbonyl (C=O) groups is 2. The maximum Gasteiger partial charge on any atom is 0.254 e. The quantitative estimate of drug-likeness (QED) is 0.519. The van der Waals surface area contributed by atoms with Crippen LogP contribution < -0.4 is 10.6 Å². The van der Waals surface area contributed by atoms with Crippen molar-refractivity contribution in [1.82, 2.24) is 25.3 Å². The van der Waals surface area contributed by atoms with Gasteiger partial charge in [-0.3, -0.25) is 19.2 Å². The number of amides is 2. The number of hydrogen-bond acceptors (Lipinski definition) is 6. The summed E-state index contributed by atoms with van der Waals surface area (Å²) in [5.74, 6) is -0.589. The Hall–Kier alpha value is -1.97. The Labute approximate surface area is 165 Å². The highest BCUT2D eigenvalue weighted by Crippen LogP contribution is 2.26. The van der Waals surface area contributed by atoms with Gasteiger partial charge in [0.15, 0.2) is 0 Å². The molecule has 0 spiro atoms. The van der Waals surface area contributed by atoms with Gasteiger partial charge in [0.05, 0.1) is 37.1 Å². The van der Waals surface area contributed by atoms with Gasteiger partial charge in [0.25, 0.3) is 5.91 Å². The fourth-order valence-electron chi connectivity index (χ4n) is 3.77. The minimum absolute atomic E-state index is 0.0448. The van der Waals surface area contributed by atoms with Crippen LogP contribution >= 0.6 is 0 Å². The summed E-state index contributed by atoms with van der Waals surface area (Å²) in [4.78, 5) is 27.1. The second-order valence-electron chi connectivity index (χ2n) is 7.50. The summed E-state index contributed by atoms with van der Waals surface area (Å²) in [6, 6.07) is -0.415. The van der Waals surface area contributed by atoms with E-state index >= 15 is 0 Å². The zero-order valence-corrected chi connectivity index (χ0v) is 16.5. The number of nitrogens with zero attached hydrogens (tertiary/aromatic N) is 3. The van der Waals surface area contributed by atoms with Crippen LogP contribution in [0.3, 0.4) is 0 Å². The van der Waals surface area contributed by atoms with E-state index in [2.05, 4.69) is 20.6 Å². The van der Waals surface area contributed by atoms with Crippen LogP contribution in [0.25, 0.3) is 0 Å². The predicted molar refractivity (Wildman–Crippen MR) is 103 cm³/mol. The molecule has 1 aliphatic carbocycles. The lowest BCUT2D eigenvalue weighted by atomic mass is 10.1. The van der Waals surface area contributed by atoms with Gasteiger partial charge < -0.3 is 20.5 Å². The van der Waals surface area contributed by atoms with E-state index in [4.69, 9.17) is 4.74 Å². The summed E-state index contributed by atoms with van der Waals surface area (Å²) in [6.07, 6.45) is 4.18. The van der Waals surface area contributed by atoms with E-state index in [1.165, 1.54) is 6.20 Å². The number of ether oxygens (including phenoxy) is 1. The monoisotopic (exact) mass is 393 g/mol. The van der Waals surface area contributed by atoms with Crippen molar-refractivity contribution < 1.29 is 19.4 Å². The molecule has 3 N–H and O–H groups in total. The summed E-state index contributed by atoms with van der Waals surface area (Å²) in [6.45, 7) is 7.64. The largest absolute Gasteiger partial charge is 0.391 e. The molecule has 0 aromatic carbocycles. The number of carbonyl (C=O) groups excluding carboxylic acids is 2. The second kappa shape index (κ2) is 9.99. The molecule has 0 unspecified atom stereocenters. The van der Waals surface area contributed by atoms with Gasteiger partial charge in [-0.25, -0.2) is 0 Å². The molecule has 3 atom stereocenters. The first-order valence-electron chi connectivity index (χ1n) is 10.2. The summed E-state index contributed by atoms with van der Waals surface area (Å²) in [5, 5.41) is 20.2. The lowest BCUT2D eigenvalue weighted by Gasteiger charge is -2.26. The van der Waals surface area contributed by atoms with Crippen LogP contribution in [0.1, 0.15) is 36.5 Å². The Morgan fingerprint density at radius 1 is 1.32 bits per heavy atom. The van der Waals surface area contributed by atoms with E-state index in [1.807, 2.05) is 6.92 Å². The van der Waals surface area contributed by atoms with Gasteiger partial charge in [-0.2, -0.15) is 5.10 Å². The van der Waals surface area contributed by atoms with Crippen molar-refractivity contribution in [3.8, 4) is 0 Å². The topological polar surface area (TPSA) is 109 Å². The van der Waals surface area contributed by atoms with Crippen molar-refractivity contribution in [3.63, 3.8) is 0 Å². The first-order valence-corrected chi connectivity index (χ1v) is 10.2. The number of aliphatic hydroxyl groups is 1. The standard InChI is InChI=1S/C19H31N5O4/c1-2-24-13-15(12-21-24)19(27)22-16-10-14(11-17(16)25)18(26)20-4-3-5-23-6-8-28-9-7-23/h12-14,16-17,25H,2-11H2,1H3,(H,20,26)(H,22,27)/t14-,16+,17+/m0/s1. The third-order valence-electron chi connectivity index (χ3n) is 5.49. The molecule has 9 heteroatoms. The summed E-state index contributed by atoms with van der Waals surface area (Å²) < 4.78 is 7.00. The highest BCUT2D eigenvalue weighted by atomic mass is 16.5. The van der Waals surface area contributed by atoms with Gasteiger partial charge >= 0.3 is 0 Å². The number of aromatic nitrogens is 2. The summed E-state index contributed by atoms with van der Waals surface area (Å²) >= 11 is 0. The average Bonchev–Trinajstić information content (AvgIpc) is 3.33. The van der Waals surface area contributed by atoms with Gasteiger partial charge in [0.2, 0.25) is 5.91 Å². The number of morpholine rings is 1. The van der Waals surface area contributed by atoms with E-state index in [0.29, 0.717) is 31.5 Å². The fraction of sp³-hybridized carbons (Fsp3) is 0.737. The molecule has 0 bridgehead atoms. The zero-order chi connectivity index (χ0) is 19.9. The molecule has 156 valence electrons. The maximum atomic E-state index is 12.4. The smallest absolute Gasteiger partial charge is 0.254 e. The molecule has 1 aromatic rings. The van der Waals surface area contributed by atoms with E-state index in [9.17, 15) is 14.7 Å². The van der Waals surface area contributed by atoms with E-state index in [1.54, 1.807) is 10.9 Å². The van der Waals surface area contributed by atoms with Gasteiger partial charge in [-0.05, 0) is 32.7 Å². The van der Waals surface area contributed by atoms with Gasteiger partial charge in [-0.1, -0.05) is 0 Å². The van der Waals surface area contributed by atoms with Crippen molar-refractivity contribution in [2.45, 2.75) is 44.9 Å². The first kappa shape index (κ1) is 20.8. The van der Waals surface area contributed by atoms with Crippen molar-refractivity contribution in [3.05, 3.63) is 18.0 Å². The van der Waals surface area contributed by atoms with E-state index < -0.39 is 12.1 Å². The van der Waals surface area contributed by atoms with Gasteiger partial charge in [-0.15, -0.1) is 0 Å². The molecular formula is C19H31N5O4. The maximum absolute atomic E-state index is 12.4. The van der Waals surface area contributed by atoms with Crippen molar-refractivity contribution >= 4 is 11.8 Å². The van der Waals surface area contributed by atoms with Crippen LogP contribution in [0.5, 0.6) is 0 Å². The molecule has 2 amide bonds. The van der Waals surface area contributed by atoms with Crippen LogP contribution in [0.15, 0.2) is 12.4 Å². The van der Waals surface area contributed by atoms with E-state index in [0.717, 1.165) is 39.3 Å². The Morgan fingerprint density at radius 3 is 2.82 bits per heavy atom. The van der Waals surface area contributed by atoms with Crippen molar-refractivity contribution in [2.75, 3.05) is 39.4 Å². The summed E-state index contributed by atoms with van der Waals surface area (Å²) in [7, 11) is 0. The van der Waals surface area contributed by atoms with Gasteiger partial charge in [0.1, 0.15) is 0 Å². The lowest BCUT2D eigenvalue weighted by molar-refractivity contribution is -0.125. The Bertz CT molecular complexity index is 659. The first-order chi connectivity index (χ1) is 13.6. The Balaban J connectivity index is 1.38. The lowest BCUT2D eigenvalue weighted by Crippen LogP contribution is -2.40. The van der Waals surface area contributed by atoms with Gasteiger partial charge in [0, 0.05) is 38.3 Å². The Kier molecular flexibility index (Phi) is 7.41. The molecule has 0 radical (unpaired) electrons. The molecule has 1 saturated carbocycles. The van der Waals surface area contributed by atoms with E-state index in [-0.39, 0.29) is 17.7 Å². The third kappa shape index (κ3) is 5.52. The SMILES string of the molecule is CCn1cc(C(=O)N[C@@H]2C[C@H](C(=O)NCCCN3CCOCC3)C[C@H]2O)cn1. The van der Waals surface area contributed by atoms with Crippen LogP contribution in [0, 0.1) is 5.92 Å².